The number of morpholine rings is 1. The van der Waals surface area contributed by atoms with E-state index in [0.29, 0.717) is 18.7 Å². The molecule has 7 nitrogen and oxygen atoms in total. The molecule has 0 bridgehead atoms. The highest BCUT2D eigenvalue weighted by molar-refractivity contribution is 5.94. The van der Waals surface area contributed by atoms with E-state index in [1.54, 1.807) is 31.2 Å². The summed E-state index contributed by atoms with van der Waals surface area (Å²) in [6.07, 6.45) is -1.32. The fourth-order valence-electron chi connectivity index (χ4n) is 2.43. The van der Waals surface area contributed by atoms with Gasteiger partial charge in [0.15, 0.2) is 6.10 Å². The minimum Gasteiger partial charge on any atom is -0.479 e. The van der Waals surface area contributed by atoms with Crippen LogP contribution in [0.15, 0.2) is 24.3 Å². The summed E-state index contributed by atoms with van der Waals surface area (Å²) >= 11 is 0. The predicted octanol–water partition coefficient (Wildman–Crippen LogP) is 0.637. The summed E-state index contributed by atoms with van der Waals surface area (Å²) in [5.41, 5.74) is 1.37. The zero-order valence-electron chi connectivity index (χ0n) is 13.1. The van der Waals surface area contributed by atoms with Gasteiger partial charge in [0.2, 0.25) is 5.91 Å². The van der Waals surface area contributed by atoms with Crippen molar-refractivity contribution < 1.29 is 24.2 Å². The van der Waals surface area contributed by atoms with Gasteiger partial charge in [0.1, 0.15) is 0 Å². The van der Waals surface area contributed by atoms with E-state index in [2.05, 4.69) is 5.32 Å². The van der Waals surface area contributed by atoms with Crippen LogP contribution in [0, 0.1) is 0 Å². The van der Waals surface area contributed by atoms with Crippen LogP contribution < -0.4 is 5.32 Å². The number of hydrogen-bond donors (Lipinski definition) is 2. The quantitative estimate of drug-likeness (QED) is 0.848. The number of hydrogen-bond acceptors (Lipinski definition) is 4. The highest BCUT2D eigenvalue weighted by Crippen LogP contribution is 2.15. The largest absolute Gasteiger partial charge is 0.479 e. The Labute approximate surface area is 134 Å². The minimum atomic E-state index is -1.07. The van der Waals surface area contributed by atoms with E-state index in [1.165, 1.54) is 11.8 Å². The average molecular weight is 320 g/mol. The van der Waals surface area contributed by atoms with Gasteiger partial charge < -0.3 is 20.1 Å². The number of benzene rings is 1. The van der Waals surface area contributed by atoms with Crippen molar-refractivity contribution in [3.05, 3.63) is 35.4 Å². The Bertz CT molecular complexity index is 599. The van der Waals surface area contributed by atoms with Gasteiger partial charge in [-0.2, -0.15) is 0 Å². The molecule has 2 atom stereocenters. The van der Waals surface area contributed by atoms with Crippen LogP contribution in [0.3, 0.4) is 0 Å². The topological polar surface area (TPSA) is 95.9 Å². The molecule has 23 heavy (non-hydrogen) atoms. The zero-order valence-corrected chi connectivity index (χ0v) is 13.1. The van der Waals surface area contributed by atoms with Crippen LogP contribution in [-0.2, 0) is 20.9 Å². The molecule has 1 heterocycles. The second kappa shape index (κ2) is 7.23. The van der Waals surface area contributed by atoms with Gasteiger partial charge in [0.05, 0.1) is 12.6 Å². The van der Waals surface area contributed by atoms with Gasteiger partial charge in [-0.15, -0.1) is 0 Å². The first-order chi connectivity index (χ1) is 10.9. The van der Waals surface area contributed by atoms with Crippen molar-refractivity contribution in [1.29, 1.82) is 0 Å². The molecule has 0 saturated carbocycles. The molecular formula is C16H20N2O5. The first kappa shape index (κ1) is 17.0. The lowest BCUT2D eigenvalue weighted by molar-refractivity contribution is -0.160. The van der Waals surface area contributed by atoms with Crippen LogP contribution in [0.2, 0.25) is 0 Å². The van der Waals surface area contributed by atoms with Crippen molar-refractivity contribution >= 4 is 17.8 Å². The van der Waals surface area contributed by atoms with Crippen LogP contribution in [0.1, 0.15) is 29.8 Å². The van der Waals surface area contributed by atoms with E-state index in [4.69, 9.17) is 9.84 Å². The normalized spacial score (nSPS) is 20.9. The molecule has 1 saturated heterocycles. The predicted molar refractivity (Wildman–Crippen MR) is 81.8 cm³/mol. The Balaban J connectivity index is 2.04. The van der Waals surface area contributed by atoms with Gasteiger partial charge in [-0.05, 0) is 24.6 Å². The number of carbonyl (C=O) groups excluding carboxylic acids is 2. The minimum absolute atomic E-state index is 0.0339. The number of nitrogens with zero attached hydrogens (tertiary/aromatic N) is 1. The fraction of sp³-hybridized carbons (Fsp3) is 0.438. The molecule has 1 aliphatic rings. The highest BCUT2D eigenvalue weighted by Gasteiger charge is 2.32. The Morgan fingerprint density at radius 1 is 1.26 bits per heavy atom. The maximum Gasteiger partial charge on any atom is 0.334 e. The summed E-state index contributed by atoms with van der Waals surface area (Å²) in [4.78, 5) is 36.0. The van der Waals surface area contributed by atoms with Gasteiger partial charge in [0.25, 0.3) is 5.91 Å². The second-order valence-corrected chi connectivity index (χ2v) is 5.59. The third kappa shape index (κ3) is 4.53. The molecule has 0 aromatic heterocycles. The lowest BCUT2D eigenvalue weighted by atomic mass is 10.1. The number of carbonyl (C=O) groups is 3. The number of rotatable bonds is 4. The lowest BCUT2D eigenvalue weighted by Gasteiger charge is -2.35. The van der Waals surface area contributed by atoms with Gasteiger partial charge in [-0.3, -0.25) is 9.59 Å². The van der Waals surface area contributed by atoms with Crippen LogP contribution in [-0.4, -0.2) is 53.1 Å². The number of amides is 2. The number of carboxylic acid groups (broad SMARTS) is 1. The summed E-state index contributed by atoms with van der Waals surface area (Å²) < 4.78 is 5.30. The van der Waals surface area contributed by atoms with Crippen molar-refractivity contribution in [3.63, 3.8) is 0 Å². The maximum atomic E-state index is 12.5. The fourth-order valence-corrected chi connectivity index (χ4v) is 2.43. The van der Waals surface area contributed by atoms with E-state index in [1.807, 2.05) is 0 Å². The van der Waals surface area contributed by atoms with Crippen LogP contribution >= 0.6 is 0 Å². The molecule has 1 unspecified atom stereocenters. The number of aliphatic carboxylic acids is 1. The van der Waals surface area contributed by atoms with E-state index >= 15 is 0 Å². The van der Waals surface area contributed by atoms with Crippen LogP contribution in [0.25, 0.3) is 0 Å². The van der Waals surface area contributed by atoms with Crippen molar-refractivity contribution in [2.24, 2.45) is 0 Å². The van der Waals surface area contributed by atoms with E-state index in [9.17, 15) is 14.4 Å². The molecule has 2 amide bonds. The zero-order chi connectivity index (χ0) is 17.0. The maximum absolute atomic E-state index is 12.5. The van der Waals surface area contributed by atoms with Gasteiger partial charge >= 0.3 is 5.97 Å². The molecule has 0 radical (unpaired) electrons. The van der Waals surface area contributed by atoms with Crippen LogP contribution in [0.4, 0.5) is 0 Å². The van der Waals surface area contributed by atoms with Crippen molar-refractivity contribution in [1.82, 2.24) is 10.2 Å². The highest BCUT2D eigenvalue weighted by atomic mass is 16.5. The van der Waals surface area contributed by atoms with Gasteiger partial charge in [-0.1, -0.05) is 12.1 Å². The molecule has 0 aliphatic carbocycles. The monoisotopic (exact) mass is 320 g/mol. The standard InChI is InChI=1S/C16H20N2O5/c1-10-8-18(9-14(23-10)16(21)22)15(20)13-5-3-12(4-6-13)7-17-11(2)19/h3-6,10,14H,7-9H2,1-2H3,(H,17,19)(H,21,22)/t10-,14?/m1/s1. The number of nitrogens with one attached hydrogen (secondary N) is 1. The van der Waals surface area contributed by atoms with Crippen LogP contribution in [0.5, 0.6) is 0 Å². The molecule has 2 rings (SSSR count). The Morgan fingerprint density at radius 3 is 2.48 bits per heavy atom. The van der Waals surface area contributed by atoms with E-state index in [0.717, 1.165) is 5.56 Å². The van der Waals surface area contributed by atoms with Gasteiger partial charge in [-0.25, -0.2) is 4.79 Å². The smallest absolute Gasteiger partial charge is 0.334 e. The van der Waals surface area contributed by atoms with E-state index in [-0.39, 0.29) is 24.5 Å². The summed E-state index contributed by atoms with van der Waals surface area (Å²) in [5.74, 6) is -1.41. The molecule has 1 fully saturated rings. The molecule has 1 aliphatic heterocycles. The summed E-state index contributed by atoms with van der Waals surface area (Å²) in [6, 6.07) is 6.88. The molecule has 2 N–H and O–H groups in total. The van der Waals surface area contributed by atoms with Crippen molar-refractivity contribution in [3.8, 4) is 0 Å². The van der Waals surface area contributed by atoms with Crippen molar-refractivity contribution in [2.45, 2.75) is 32.6 Å². The Morgan fingerprint density at radius 2 is 1.91 bits per heavy atom. The number of ether oxygens (including phenoxy) is 1. The SMILES string of the molecule is CC(=O)NCc1ccc(C(=O)N2CC(C(=O)O)O[C@H](C)C2)cc1. The summed E-state index contributed by atoms with van der Waals surface area (Å²) in [5, 5.41) is 11.8. The first-order valence-electron chi connectivity index (χ1n) is 7.37. The summed E-state index contributed by atoms with van der Waals surface area (Å²) in [7, 11) is 0. The van der Waals surface area contributed by atoms with Crippen molar-refractivity contribution in [2.75, 3.05) is 13.1 Å². The van der Waals surface area contributed by atoms with Gasteiger partial charge in [0, 0.05) is 25.6 Å². The molecular weight excluding hydrogens is 300 g/mol. The molecule has 0 spiro atoms. The average Bonchev–Trinajstić information content (AvgIpc) is 2.52. The first-order valence-corrected chi connectivity index (χ1v) is 7.37. The third-order valence-electron chi connectivity index (χ3n) is 3.57. The number of carboxylic acids is 1. The molecule has 1 aromatic rings. The Hall–Kier alpha value is -2.41. The summed E-state index contributed by atoms with van der Waals surface area (Å²) in [6.45, 7) is 3.98. The molecule has 1 aromatic carbocycles. The Kier molecular flexibility index (Phi) is 5.33. The molecule has 124 valence electrons. The molecule has 7 heteroatoms. The lowest BCUT2D eigenvalue weighted by Crippen LogP contribution is -2.51. The van der Waals surface area contributed by atoms with E-state index < -0.39 is 12.1 Å². The third-order valence-corrected chi connectivity index (χ3v) is 3.57. The second-order valence-electron chi connectivity index (χ2n) is 5.59.